The van der Waals surface area contributed by atoms with Crippen LogP contribution in [0.5, 0.6) is 0 Å². The van der Waals surface area contributed by atoms with Crippen LogP contribution in [-0.4, -0.2) is 23.5 Å². The number of carbonyl (C=O) groups is 1. The van der Waals surface area contributed by atoms with Crippen molar-refractivity contribution in [2.24, 2.45) is 10.7 Å². The Morgan fingerprint density at radius 3 is 2.29 bits per heavy atom. The molecule has 0 bridgehead atoms. The van der Waals surface area contributed by atoms with Crippen LogP contribution in [0.15, 0.2) is 4.99 Å². The number of hydrogen-bond acceptors (Lipinski definition) is 3. The Balaban J connectivity index is 2.12. The number of alkyl halides is 2. The Labute approximate surface area is 79.1 Å². The van der Waals surface area contributed by atoms with E-state index in [9.17, 15) is 13.6 Å². The first kappa shape index (κ1) is 9.36. The number of halogens is 2. The maximum atomic E-state index is 12.8. The third-order valence-corrected chi connectivity index (χ3v) is 2.69. The third-order valence-electron chi connectivity index (χ3n) is 2.69. The number of aliphatic imine (C=N–C) groups is 1. The number of nitrogens with zero attached hydrogens (tertiary/aromatic N) is 1. The molecule has 2 rings (SSSR count). The molecule has 2 aliphatic rings. The van der Waals surface area contributed by atoms with Crippen molar-refractivity contribution in [2.75, 3.05) is 0 Å². The van der Waals surface area contributed by atoms with Crippen molar-refractivity contribution in [3.05, 3.63) is 0 Å². The highest BCUT2D eigenvalue weighted by Gasteiger charge is 2.52. The highest BCUT2D eigenvalue weighted by atomic mass is 19.3. The summed E-state index contributed by atoms with van der Waals surface area (Å²) < 4.78 is 30.7. The Morgan fingerprint density at radius 1 is 1.29 bits per heavy atom. The molecule has 0 aromatic rings. The number of ether oxygens (including phenoxy) is 1. The van der Waals surface area contributed by atoms with E-state index in [-0.39, 0.29) is 31.7 Å². The monoisotopic (exact) mass is 204 g/mol. The SMILES string of the molecule is NC1=NC(=O)C2(CCC(F)(F)CC2)O1. The molecule has 78 valence electrons. The first-order valence-corrected chi connectivity index (χ1v) is 4.39. The van der Waals surface area contributed by atoms with Gasteiger partial charge in [-0.05, 0) is 0 Å². The molecule has 0 saturated heterocycles. The molecule has 0 radical (unpaired) electrons. The predicted molar refractivity (Wildman–Crippen MR) is 43.9 cm³/mol. The van der Waals surface area contributed by atoms with Crippen LogP contribution < -0.4 is 5.73 Å². The molecule has 1 fully saturated rings. The minimum atomic E-state index is -2.69. The molecule has 1 aliphatic heterocycles. The summed E-state index contributed by atoms with van der Waals surface area (Å²) in [7, 11) is 0. The molecule has 1 amide bonds. The van der Waals surface area contributed by atoms with Crippen LogP contribution >= 0.6 is 0 Å². The van der Waals surface area contributed by atoms with Gasteiger partial charge < -0.3 is 10.5 Å². The third kappa shape index (κ3) is 1.34. The molecule has 1 aliphatic carbocycles. The van der Waals surface area contributed by atoms with Gasteiger partial charge in [0.15, 0.2) is 5.60 Å². The van der Waals surface area contributed by atoms with E-state index in [0.29, 0.717) is 0 Å². The van der Waals surface area contributed by atoms with Crippen LogP contribution in [0.2, 0.25) is 0 Å². The molecule has 1 spiro atoms. The number of amidine groups is 1. The maximum Gasteiger partial charge on any atom is 0.294 e. The number of nitrogens with two attached hydrogens (primary N) is 1. The normalized spacial score (nSPS) is 28.7. The molecule has 6 heteroatoms. The van der Waals surface area contributed by atoms with Gasteiger partial charge in [-0.1, -0.05) is 0 Å². The molecular formula is C8H10F2N2O2. The fraction of sp³-hybridized carbons (Fsp3) is 0.750. The van der Waals surface area contributed by atoms with Crippen molar-refractivity contribution in [2.45, 2.75) is 37.2 Å². The minimum Gasteiger partial charge on any atom is -0.448 e. The number of rotatable bonds is 0. The van der Waals surface area contributed by atoms with Crippen molar-refractivity contribution < 1.29 is 18.3 Å². The van der Waals surface area contributed by atoms with E-state index in [1.54, 1.807) is 0 Å². The summed E-state index contributed by atoms with van der Waals surface area (Å²) >= 11 is 0. The van der Waals surface area contributed by atoms with Crippen LogP contribution in [0.25, 0.3) is 0 Å². The average molecular weight is 204 g/mol. The molecule has 14 heavy (non-hydrogen) atoms. The lowest BCUT2D eigenvalue weighted by molar-refractivity contribution is -0.142. The molecule has 0 aromatic carbocycles. The number of carbonyl (C=O) groups excluding carboxylic acids is 1. The van der Waals surface area contributed by atoms with Crippen LogP contribution in [0, 0.1) is 0 Å². The van der Waals surface area contributed by atoms with Crippen LogP contribution in [0.1, 0.15) is 25.7 Å². The summed E-state index contributed by atoms with van der Waals surface area (Å²) in [5.41, 5.74) is 4.03. The van der Waals surface area contributed by atoms with Gasteiger partial charge in [0.25, 0.3) is 11.9 Å². The summed E-state index contributed by atoms with van der Waals surface area (Å²) in [5, 5.41) is 0. The van der Waals surface area contributed by atoms with Crippen LogP contribution in [0.3, 0.4) is 0 Å². The first-order chi connectivity index (χ1) is 6.44. The van der Waals surface area contributed by atoms with E-state index in [1.807, 2.05) is 0 Å². The second kappa shape index (κ2) is 2.65. The molecule has 2 N–H and O–H groups in total. The number of hydrogen-bond donors (Lipinski definition) is 1. The molecule has 0 atom stereocenters. The Bertz CT molecular complexity index is 304. The zero-order valence-electron chi connectivity index (χ0n) is 7.43. The Hall–Kier alpha value is -1.20. The summed E-state index contributed by atoms with van der Waals surface area (Å²) in [6.07, 6.45) is -0.713. The standard InChI is InChI=1S/C8H10F2N2O2/c9-8(10)3-1-7(2-4-8)5(13)12-6(11)14-7/h1-4H2,(H2,11,12,13). The van der Waals surface area contributed by atoms with Crippen molar-refractivity contribution in [1.29, 1.82) is 0 Å². The fourth-order valence-corrected chi connectivity index (χ4v) is 1.80. The molecule has 0 unspecified atom stereocenters. The predicted octanol–water partition coefficient (Wildman–Crippen LogP) is 0.806. The van der Waals surface area contributed by atoms with E-state index in [2.05, 4.69) is 4.99 Å². The summed E-state index contributed by atoms with van der Waals surface area (Å²) in [4.78, 5) is 14.7. The van der Waals surface area contributed by atoms with Crippen molar-refractivity contribution in [3.8, 4) is 0 Å². The van der Waals surface area contributed by atoms with Gasteiger partial charge in [0, 0.05) is 25.7 Å². The molecule has 1 heterocycles. The summed E-state index contributed by atoms with van der Waals surface area (Å²) in [5.74, 6) is -3.21. The lowest BCUT2D eigenvalue weighted by atomic mass is 9.82. The summed E-state index contributed by atoms with van der Waals surface area (Å²) in [6.45, 7) is 0. The van der Waals surface area contributed by atoms with E-state index >= 15 is 0 Å². The minimum absolute atomic E-state index is 0.0109. The lowest BCUT2D eigenvalue weighted by Gasteiger charge is -2.33. The van der Waals surface area contributed by atoms with Crippen LogP contribution in [0.4, 0.5) is 8.78 Å². The van der Waals surface area contributed by atoms with Gasteiger partial charge in [0.2, 0.25) is 5.92 Å². The van der Waals surface area contributed by atoms with Gasteiger partial charge in [0.1, 0.15) is 0 Å². The topological polar surface area (TPSA) is 64.7 Å². The van der Waals surface area contributed by atoms with Crippen molar-refractivity contribution >= 4 is 11.9 Å². The Kier molecular flexibility index (Phi) is 1.77. The largest absolute Gasteiger partial charge is 0.448 e. The molecule has 1 saturated carbocycles. The zero-order chi connectivity index (χ0) is 10.4. The number of amides is 1. The summed E-state index contributed by atoms with van der Waals surface area (Å²) in [6, 6.07) is -0.208. The van der Waals surface area contributed by atoms with Crippen molar-refractivity contribution in [1.82, 2.24) is 0 Å². The van der Waals surface area contributed by atoms with Gasteiger partial charge in [-0.25, -0.2) is 8.78 Å². The second-order valence-electron chi connectivity index (χ2n) is 3.71. The molecular weight excluding hydrogens is 194 g/mol. The van der Waals surface area contributed by atoms with E-state index in [0.717, 1.165) is 0 Å². The zero-order valence-corrected chi connectivity index (χ0v) is 7.43. The van der Waals surface area contributed by atoms with E-state index in [4.69, 9.17) is 10.5 Å². The van der Waals surface area contributed by atoms with Gasteiger partial charge in [-0.15, -0.1) is 0 Å². The smallest absolute Gasteiger partial charge is 0.294 e. The van der Waals surface area contributed by atoms with Gasteiger partial charge in [0.05, 0.1) is 0 Å². The first-order valence-electron chi connectivity index (χ1n) is 4.39. The Morgan fingerprint density at radius 2 is 1.86 bits per heavy atom. The van der Waals surface area contributed by atoms with Crippen molar-refractivity contribution in [3.63, 3.8) is 0 Å². The lowest BCUT2D eigenvalue weighted by Crippen LogP contribution is -2.44. The van der Waals surface area contributed by atoms with Crippen LogP contribution in [-0.2, 0) is 9.53 Å². The quantitative estimate of drug-likeness (QED) is 0.634. The van der Waals surface area contributed by atoms with Gasteiger partial charge >= 0.3 is 0 Å². The second-order valence-corrected chi connectivity index (χ2v) is 3.71. The maximum absolute atomic E-state index is 12.8. The van der Waals surface area contributed by atoms with E-state index in [1.165, 1.54) is 0 Å². The van der Waals surface area contributed by atoms with E-state index < -0.39 is 17.4 Å². The highest BCUT2D eigenvalue weighted by molar-refractivity contribution is 6.00. The van der Waals surface area contributed by atoms with Gasteiger partial charge in [-0.2, -0.15) is 4.99 Å². The fourth-order valence-electron chi connectivity index (χ4n) is 1.80. The molecule has 0 aromatic heterocycles. The molecule has 4 nitrogen and oxygen atoms in total. The van der Waals surface area contributed by atoms with Gasteiger partial charge in [-0.3, -0.25) is 4.79 Å². The highest BCUT2D eigenvalue weighted by Crippen LogP contribution is 2.42. The average Bonchev–Trinajstić information content (AvgIpc) is 2.35.